The van der Waals surface area contributed by atoms with Gasteiger partial charge in [0, 0.05) is 0 Å². The predicted molar refractivity (Wildman–Crippen MR) is 86.7 cm³/mol. The van der Waals surface area contributed by atoms with Crippen molar-refractivity contribution in [3.05, 3.63) is 61.4 Å². The molecule has 0 radical (unpaired) electrons. The van der Waals surface area contributed by atoms with Gasteiger partial charge in [-0.3, -0.25) is 14.6 Å². The van der Waals surface area contributed by atoms with E-state index < -0.39 is 40.6 Å². The number of nitrogens with two attached hydrogens (primary N) is 1. The van der Waals surface area contributed by atoms with Crippen molar-refractivity contribution in [2.45, 2.75) is 31.5 Å². The van der Waals surface area contributed by atoms with Gasteiger partial charge in [0.15, 0.2) is 0 Å². The molecule has 138 valence electrons. The molecule has 1 atom stereocenters. The van der Waals surface area contributed by atoms with Gasteiger partial charge in [-0.25, -0.2) is 4.79 Å². The maximum atomic E-state index is 12.9. The number of nitrogens with one attached hydrogen (secondary N) is 3. The van der Waals surface area contributed by atoms with Crippen LogP contribution in [-0.4, -0.2) is 15.9 Å². The van der Waals surface area contributed by atoms with Crippen LogP contribution in [-0.2, 0) is 12.6 Å². The molecule has 7 nitrogen and oxygen atoms in total. The smallest absolute Gasteiger partial charge is 0.392 e. The first kappa shape index (κ1) is 17.8. The van der Waals surface area contributed by atoms with Gasteiger partial charge in [-0.1, -0.05) is 6.07 Å². The number of hydrogen-bond donors (Lipinski definition) is 4. The number of aryl methyl sites for hydroxylation is 1. The molecule has 0 spiro atoms. The number of anilines is 1. The van der Waals surface area contributed by atoms with Crippen molar-refractivity contribution in [2.75, 3.05) is 5.73 Å². The van der Waals surface area contributed by atoms with E-state index in [9.17, 15) is 27.6 Å². The van der Waals surface area contributed by atoms with Crippen LogP contribution in [0.25, 0.3) is 0 Å². The Morgan fingerprint density at radius 2 is 1.96 bits per heavy atom. The van der Waals surface area contributed by atoms with Crippen molar-refractivity contribution in [1.82, 2.24) is 15.3 Å². The Bertz CT molecular complexity index is 978. The maximum absolute atomic E-state index is 12.9. The molecule has 0 saturated carbocycles. The highest BCUT2D eigenvalue weighted by Crippen LogP contribution is 2.35. The number of carbonyl (C=O) groups excluding carboxylic acids is 1. The van der Waals surface area contributed by atoms with Crippen LogP contribution in [0.15, 0.2) is 27.8 Å². The number of H-pyrrole nitrogens is 2. The number of amides is 1. The second-order valence-corrected chi connectivity index (χ2v) is 6.03. The first-order valence-electron chi connectivity index (χ1n) is 7.80. The molecular weight excluding hydrogens is 353 g/mol. The van der Waals surface area contributed by atoms with Crippen LogP contribution in [0.2, 0.25) is 0 Å². The first-order valence-corrected chi connectivity index (χ1v) is 7.80. The van der Waals surface area contributed by atoms with Crippen LogP contribution in [0, 0.1) is 0 Å². The van der Waals surface area contributed by atoms with E-state index in [2.05, 4.69) is 10.3 Å². The molecule has 0 aliphatic heterocycles. The van der Waals surface area contributed by atoms with E-state index in [1.54, 1.807) is 0 Å². The molecule has 3 rings (SSSR count). The lowest BCUT2D eigenvalue weighted by atomic mass is 9.86. The van der Waals surface area contributed by atoms with Crippen LogP contribution >= 0.6 is 0 Å². The molecule has 1 aliphatic rings. The molecule has 10 heteroatoms. The van der Waals surface area contributed by atoms with Crippen molar-refractivity contribution < 1.29 is 18.0 Å². The standard InChI is InChI=1S/C16H15F3N4O3/c17-16(18,19)8-4-5-9-7(6-8)2-1-3-10(9)21-14(25)12-11(20)13(24)23-15(26)22-12/h4-6,10H,1-3,20H2,(H,21,25)(H2,22,23,24,26)/t10-/m1/s1. The van der Waals surface area contributed by atoms with E-state index in [1.807, 2.05) is 4.98 Å². The number of benzene rings is 1. The maximum Gasteiger partial charge on any atom is 0.416 e. The van der Waals surface area contributed by atoms with Gasteiger partial charge in [0.1, 0.15) is 11.4 Å². The number of rotatable bonds is 2. The van der Waals surface area contributed by atoms with Gasteiger partial charge < -0.3 is 16.0 Å². The molecule has 1 amide bonds. The van der Waals surface area contributed by atoms with E-state index in [4.69, 9.17) is 5.73 Å². The molecule has 1 aromatic heterocycles. The molecule has 1 aliphatic carbocycles. The zero-order valence-corrected chi connectivity index (χ0v) is 13.4. The molecular formula is C16H15F3N4O3. The summed E-state index contributed by atoms with van der Waals surface area (Å²) in [6.45, 7) is 0. The lowest BCUT2D eigenvalue weighted by Crippen LogP contribution is -2.36. The SMILES string of the molecule is Nc1c(C(=O)N[C@@H]2CCCc3cc(C(F)(F)F)ccc32)[nH]c(=O)[nH]c1=O. The zero-order chi connectivity index (χ0) is 19.1. The Hall–Kier alpha value is -3.04. The number of carbonyl (C=O) groups is 1. The second-order valence-electron chi connectivity index (χ2n) is 6.03. The van der Waals surface area contributed by atoms with Crippen molar-refractivity contribution in [3.63, 3.8) is 0 Å². The van der Waals surface area contributed by atoms with Crippen molar-refractivity contribution in [2.24, 2.45) is 0 Å². The summed E-state index contributed by atoms with van der Waals surface area (Å²) in [6, 6.07) is 2.84. The number of nitrogen functional groups attached to an aromatic ring is 1. The fraction of sp³-hybridized carbons (Fsp3) is 0.312. The minimum atomic E-state index is -4.44. The highest BCUT2D eigenvalue weighted by Gasteiger charge is 2.32. The Balaban J connectivity index is 1.90. The summed E-state index contributed by atoms with van der Waals surface area (Å²) in [5, 5.41) is 2.62. The predicted octanol–water partition coefficient (Wildman–Crippen LogP) is 1.47. The third kappa shape index (κ3) is 3.35. The minimum absolute atomic E-state index is 0.377. The van der Waals surface area contributed by atoms with Gasteiger partial charge >= 0.3 is 11.9 Å². The van der Waals surface area contributed by atoms with Crippen LogP contribution in [0.3, 0.4) is 0 Å². The summed E-state index contributed by atoms with van der Waals surface area (Å²) >= 11 is 0. The molecule has 1 heterocycles. The van der Waals surface area contributed by atoms with Crippen LogP contribution in [0.5, 0.6) is 0 Å². The van der Waals surface area contributed by atoms with Gasteiger partial charge in [0.05, 0.1) is 11.6 Å². The largest absolute Gasteiger partial charge is 0.416 e. The first-order chi connectivity index (χ1) is 12.2. The minimum Gasteiger partial charge on any atom is -0.392 e. The van der Waals surface area contributed by atoms with Gasteiger partial charge in [-0.05, 0) is 42.5 Å². The topological polar surface area (TPSA) is 121 Å². The molecule has 0 fully saturated rings. The summed E-state index contributed by atoms with van der Waals surface area (Å²) in [7, 11) is 0. The quantitative estimate of drug-likeness (QED) is 0.641. The van der Waals surface area contributed by atoms with Gasteiger partial charge in [-0.15, -0.1) is 0 Å². The molecule has 0 saturated heterocycles. The summed E-state index contributed by atoms with van der Waals surface area (Å²) < 4.78 is 38.6. The van der Waals surface area contributed by atoms with Crippen LogP contribution < -0.4 is 22.3 Å². The molecule has 0 unspecified atom stereocenters. The van der Waals surface area contributed by atoms with Gasteiger partial charge in [0.2, 0.25) is 0 Å². The highest BCUT2D eigenvalue weighted by atomic mass is 19.4. The average Bonchev–Trinajstić information content (AvgIpc) is 2.57. The zero-order valence-electron chi connectivity index (χ0n) is 13.4. The lowest BCUT2D eigenvalue weighted by Gasteiger charge is -2.27. The van der Waals surface area contributed by atoms with E-state index in [-0.39, 0.29) is 5.69 Å². The van der Waals surface area contributed by atoms with Crippen molar-refractivity contribution in [3.8, 4) is 0 Å². The molecule has 2 aromatic rings. The third-order valence-electron chi connectivity index (χ3n) is 4.30. The normalized spacial score (nSPS) is 16.8. The second kappa shape index (κ2) is 6.36. The summed E-state index contributed by atoms with van der Waals surface area (Å²) in [4.78, 5) is 39.3. The summed E-state index contributed by atoms with van der Waals surface area (Å²) in [5.74, 6) is -0.775. The summed E-state index contributed by atoms with van der Waals surface area (Å²) in [5.41, 5.74) is 3.26. The highest BCUT2D eigenvalue weighted by molar-refractivity contribution is 5.97. The van der Waals surface area contributed by atoms with Crippen molar-refractivity contribution >= 4 is 11.6 Å². The van der Waals surface area contributed by atoms with Crippen LogP contribution in [0.4, 0.5) is 18.9 Å². The monoisotopic (exact) mass is 368 g/mol. The number of halogens is 3. The fourth-order valence-corrected chi connectivity index (χ4v) is 3.05. The molecule has 5 N–H and O–H groups in total. The van der Waals surface area contributed by atoms with E-state index in [0.717, 1.165) is 12.1 Å². The average molecular weight is 368 g/mol. The van der Waals surface area contributed by atoms with Gasteiger partial charge in [0.25, 0.3) is 11.5 Å². The number of aromatic amines is 2. The Morgan fingerprint density at radius 1 is 1.23 bits per heavy atom. The van der Waals surface area contributed by atoms with E-state index in [0.29, 0.717) is 30.4 Å². The molecule has 0 bridgehead atoms. The molecule has 1 aromatic carbocycles. The fourth-order valence-electron chi connectivity index (χ4n) is 3.05. The van der Waals surface area contributed by atoms with E-state index in [1.165, 1.54) is 6.07 Å². The molecule has 26 heavy (non-hydrogen) atoms. The van der Waals surface area contributed by atoms with Crippen molar-refractivity contribution in [1.29, 1.82) is 0 Å². The Labute approximate surface area is 144 Å². The van der Waals surface area contributed by atoms with Gasteiger partial charge in [-0.2, -0.15) is 13.2 Å². The summed E-state index contributed by atoms with van der Waals surface area (Å²) in [6.07, 6.45) is -2.88. The number of alkyl halides is 3. The van der Waals surface area contributed by atoms with Crippen LogP contribution in [0.1, 0.15) is 46.1 Å². The third-order valence-corrected chi connectivity index (χ3v) is 4.30. The number of aromatic nitrogens is 2. The Kier molecular flexibility index (Phi) is 4.34. The number of hydrogen-bond acceptors (Lipinski definition) is 4. The lowest BCUT2D eigenvalue weighted by molar-refractivity contribution is -0.137. The van der Waals surface area contributed by atoms with E-state index >= 15 is 0 Å². The number of fused-ring (bicyclic) bond motifs is 1. The Morgan fingerprint density at radius 3 is 2.65 bits per heavy atom.